The highest BCUT2D eigenvalue weighted by Crippen LogP contribution is 2.38. The molecule has 2 aromatic rings. The van der Waals surface area contributed by atoms with Crippen molar-refractivity contribution >= 4 is 21.7 Å². The predicted octanol–water partition coefficient (Wildman–Crippen LogP) is 2.93. The number of amides is 1. The van der Waals surface area contributed by atoms with Gasteiger partial charge in [-0.25, -0.2) is 18.1 Å². The zero-order chi connectivity index (χ0) is 18.7. The van der Waals surface area contributed by atoms with Gasteiger partial charge < -0.3 is 4.74 Å². The van der Waals surface area contributed by atoms with E-state index in [0.717, 1.165) is 6.42 Å². The molecule has 3 rings (SSSR count). The van der Waals surface area contributed by atoms with E-state index < -0.39 is 10.0 Å². The van der Waals surface area contributed by atoms with Gasteiger partial charge in [0.15, 0.2) is 11.6 Å². The van der Waals surface area contributed by atoms with Crippen molar-refractivity contribution in [2.24, 2.45) is 0 Å². The zero-order valence-corrected chi connectivity index (χ0v) is 15.5. The first kappa shape index (κ1) is 18.3. The first-order chi connectivity index (χ1) is 12.5. The summed E-state index contributed by atoms with van der Waals surface area (Å²) in [5.41, 5.74) is 0.204. The Balaban J connectivity index is 2.09. The van der Waals surface area contributed by atoms with Gasteiger partial charge in [-0.1, -0.05) is 13.8 Å². The van der Waals surface area contributed by atoms with Gasteiger partial charge in [0.05, 0.1) is 10.5 Å². The topological polar surface area (TPSA) is 88.6 Å². The molecular formula is C18H21N3O4S. The van der Waals surface area contributed by atoms with Gasteiger partial charge >= 0.3 is 0 Å². The van der Waals surface area contributed by atoms with Crippen molar-refractivity contribution in [2.45, 2.75) is 31.6 Å². The van der Waals surface area contributed by atoms with Crippen LogP contribution in [0.3, 0.4) is 0 Å². The Bertz CT molecular complexity index is 928. The Morgan fingerprint density at radius 1 is 1.15 bits per heavy atom. The summed E-state index contributed by atoms with van der Waals surface area (Å²) in [4.78, 5) is 18.9. The number of carbonyl (C=O) groups is 1. The summed E-state index contributed by atoms with van der Waals surface area (Å²) in [6, 6.07) is 7.78. The molecule has 7 nitrogen and oxygen atoms in total. The Labute approximate surface area is 153 Å². The Morgan fingerprint density at radius 2 is 1.96 bits per heavy atom. The second-order valence-corrected chi connectivity index (χ2v) is 7.71. The quantitative estimate of drug-likeness (QED) is 0.839. The fourth-order valence-corrected chi connectivity index (χ4v) is 3.87. The van der Waals surface area contributed by atoms with Crippen molar-refractivity contribution in [1.82, 2.24) is 9.71 Å². The largest absolute Gasteiger partial charge is 0.453 e. The molecule has 0 saturated heterocycles. The lowest BCUT2D eigenvalue weighted by Crippen LogP contribution is -2.32. The van der Waals surface area contributed by atoms with E-state index in [1.807, 2.05) is 13.8 Å². The minimum Gasteiger partial charge on any atom is -0.453 e. The standard InChI is InChI=1S/C18H21N3O4S/c1-3-9-20-26(23,24)13-7-8-15-14(12-13)18(22)21(11-4-2)17-16(25-15)6-5-10-19-17/h5-8,10,12,20H,3-4,9,11H2,1-2H3. The van der Waals surface area contributed by atoms with Gasteiger partial charge in [-0.05, 0) is 43.2 Å². The van der Waals surface area contributed by atoms with Crippen LogP contribution in [0.5, 0.6) is 11.5 Å². The highest BCUT2D eigenvalue weighted by atomic mass is 32.2. The van der Waals surface area contributed by atoms with Crippen LogP contribution in [0, 0.1) is 0 Å². The maximum absolute atomic E-state index is 13.1. The smallest absolute Gasteiger partial charge is 0.263 e. The molecule has 1 aromatic carbocycles. The van der Waals surface area contributed by atoms with Crippen LogP contribution >= 0.6 is 0 Å². The maximum atomic E-state index is 13.1. The van der Waals surface area contributed by atoms with Gasteiger partial charge in [-0.3, -0.25) is 9.69 Å². The fourth-order valence-electron chi connectivity index (χ4n) is 2.71. The van der Waals surface area contributed by atoms with E-state index in [9.17, 15) is 13.2 Å². The third kappa shape index (κ3) is 3.42. The molecule has 1 amide bonds. The highest BCUT2D eigenvalue weighted by molar-refractivity contribution is 7.89. The molecule has 1 aliphatic rings. The van der Waals surface area contributed by atoms with Crippen LogP contribution in [0.25, 0.3) is 0 Å². The van der Waals surface area contributed by atoms with Gasteiger partial charge in [0.25, 0.3) is 5.91 Å². The summed E-state index contributed by atoms with van der Waals surface area (Å²) in [6.45, 7) is 4.62. The van der Waals surface area contributed by atoms with Crippen LogP contribution in [0.2, 0.25) is 0 Å². The number of nitrogens with one attached hydrogen (secondary N) is 1. The second-order valence-electron chi connectivity index (χ2n) is 5.94. The van der Waals surface area contributed by atoms with Gasteiger partial charge in [-0.15, -0.1) is 0 Å². The zero-order valence-electron chi connectivity index (χ0n) is 14.7. The second kappa shape index (κ2) is 7.43. The Hall–Kier alpha value is -2.45. The predicted molar refractivity (Wildman–Crippen MR) is 98.2 cm³/mol. The normalized spacial score (nSPS) is 13.6. The SMILES string of the molecule is CCCNS(=O)(=O)c1ccc2c(c1)C(=O)N(CCC)c1ncccc1O2. The number of fused-ring (bicyclic) bond motifs is 2. The van der Waals surface area contributed by atoms with E-state index in [-0.39, 0.29) is 16.4 Å². The number of hydrogen-bond acceptors (Lipinski definition) is 5. The lowest BCUT2D eigenvalue weighted by Gasteiger charge is -2.19. The van der Waals surface area contributed by atoms with Crippen LogP contribution in [-0.4, -0.2) is 32.4 Å². The summed E-state index contributed by atoms with van der Waals surface area (Å²) in [5.74, 6) is 0.890. The number of carbonyl (C=O) groups excluding carboxylic acids is 1. The number of aromatic nitrogens is 1. The molecule has 1 N–H and O–H groups in total. The molecule has 0 bridgehead atoms. The minimum absolute atomic E-state index is 0.0389. The molecule has 0 unspecified atom stereocenters. The van der Waals surface area contributed by atoms with E-state index in [2.05, 4.69) is 9.71 Å². The number of anilines is 1. The molecule has 1 aromatic heterocycles. The van der Waals surface area contributed by atoms with E-state index in [4.69, 9.17) is 4.74 Å². The summed E-state index contributed by atoms with van der Waals surface area (Å²) in [6.07, 6.45) is 3.00. The Kier molecular flexibility index (Phi) is 5.24. The number of pyridine rings is 1. The van der Waals surface area contributed by atoms with Crippen molar-refractivity contribution < 1.29 is 17.9 Å². The number of rotatable bonds is 6. The molecule has 0 fully saturated rings. The number of hydrogen-bond donors (Lipinski definition) is 1. The highest BCUT2D eigenvalue weighted by Gasteiger charge is 2.30. The van der Waals surface area contributed by atoms with Crippen LogP contribution < -0.4 is 14.4 Å². The number of ether oxygens (including phenoxy) is 1. The molecule has 0 atom stereocenters. The van der Waals surface area contributed by atoms with Crippen molar-refractivity contribution in [1.29, 1.82) is 0 Å². The van der Waals surface area contributed by atoms with Crippen LogP contribution in [0.4, 0.5) is 5.82 Å². The molecule has 0 spiro atoms. The molecule has 0 aliphatic carbocycles. The van der Waals surface area contributed by atoms with Gasteiger partial charge in [0, 0.05) is 19.3 Å². The molecule has 1 aliphatic heterocycles. The first-order valence-corrected chi connectivity index (χ1v) is 10.0. The molecule has 0 radical (unpaired) electrons. The first-order valence-electron chi connectivity index (χ1n) is 8.56. The maximum Gasteiger partial charge on any atom is 0.263 e. The Morgan fingerprint density at radius 3 is 2.69 bits per heavy atom. The number of nitrogens with zero attached hydrogens (tertiary/aromatic N) is 2. The summed E-state index contributed by atoms with van der Waals surface area (Å²) in [5, 5.41) is 0. The molecule has 2 heterocycles. The summed E-state index contributed by atoms with van der Waals surface area (Å²) >= 11 is 0. The molecular weight excluding hydrogens is 354 g/mol. The average molecular weight is 375 g/mol. The average Bonchev–Trinajstić information content (AvgIpc) is 2.75. The summed E-state index contributed by atoms with van der Waals surface area (Å²) in [7, 11) is -3.68. The fraction of sp³-hybridized carbons (Fsp3) is 0.333. The minimum atomic E-state index is -3.68. The van der Waals surface area contributed by atoms with E-state index >= 15 is 0 Å². The van der Waals surface area contributed by atoms with E-state index in [1.165, 1.54) is 23.1 Å². The van der Waals surface area contributed by atoms with Crippen molar-refractivity contribution in [3.63, 3.8) is 0 Å². The van der Waals surface area contributed by atoms with Crippen molar-refractivity contribution in [2.75, 3.05) is 18.0 Å². The van der Waals surface area contributed by atoms with Crippen molar-refractivity contribution in [3.05, 3.63) is 42.1 Å². The van der Waals surface area contributed by atoms with Gasteiger partial charge in [0.2, 0.25) is 10.0 Å². The lowest BCUT2D eigenvalue weighted by molar-refractivity contribution is 0.0986. The van der Waals surface area contributed by atoms with Gasteiger partial charge in [-0.2, -0.15) is 0 Å². The van der Waals surface area contributed by atoms with E-state index in [0.29, 0.717) is 36.8 Å². The van der Waals surface area contributed by atoms with Crippen molar-refractivity contribution in [3.8, 4) is 11.5 Å². The molecule has 26 heavy (non-hydrogen) atoms. The molecule has 8 heteroatoms. The van der Waals surface area contributed by atoms with Crippen LogP contribution in [-0.2, 0) is 10.0 Å². The van der Waals surface area contributed by atoms with Crippen LogP contribution in [0.1, 0.15) is 37.0 Å². The number of sulfonamides is 1. The third-order valence-corrected chi connectivity index (χ3v) is 5.41. The molecule has 138 valence electrons. The monoisotopic (exact) mass is 375 g/mol. The van der Waals surface area contributed by atoms with E-state index in [1.54, 1.807) is 18.3 Å². The number of benzene rings is 1. The van der Waals surface area contributed by atoms with Gasteiger partial charge in [0.1, 0.15) is 5.75 Å². The molecule has 0 saturated carbocycles. The summed E-state index contributed by atoms with van der Waals surface area (Å²) < 4.78 is 33.2. The lowest BCUT2D eigenvalue weighted by atomic mass is 10.1. The third-order valence-electron chi connectivity index (χ3n) is 3.95. The van der Waals surface area contributed by atoms with Crippen LogP contribution in [0.15, 0.2) is 41.4 Å².